The van der Waals surface area contributed by atoms with Gasteiger partial charge in [-0.1, -0.05) is 15.9 Å². The summed E-state index contributed by atoms with van der Waals surface area (Å²) < 4.78 is 19.5. The van der Waals surface area contributed by atoms with Gasteiger partial charge in [-0.05, 0) is 48.9 Å². The van der Waals surface area contributed by atoms with Gasteiger partial charge in [0.05, 0.1) is 0 Å². The molecular weight excluding hydrogens is 299 g/mol. The molecule has 5 heteroatoms. The van der Waals surface area contributed by atoms with Gasteiger partial charge in [0.1, 0.15) is 5.82 Å². The molecule has 0 bridgehead atoms. The molecule has 1 aliphatic rings. The summed E-state index contributed by atoms with van der Waals surface area (Å²) in [6, 6.07) is 4.88. The third-order valence-electron chi connectivity index (χ3n) is 3.35. The van der Waals surface area contributed by atoms with E-state index in [1.54, 1.807) is 12.1 Å². The number of halogens is 2. The number of hydrazine groups is 1. The highest BCUT2D eigenvalue weighted by molar-refractivity contribution is 9.10. The first-order chi connectivity index (χ1) is 8.69. The van der Waals surface area contributed by atoms with Gasteiger partial charge in [-0.15, -0.1) is 0 Å². The number of ether oxygens (including phenoxy) is 1. The molecule has 100 valence electrons. The predicted molar refractivity (Wildman–Crippen MR) is 72.5 cm³/mol. The minimum absolute atomic E-state index is 0.148. The molecule has 2 rings (SSSR count). The van der Waals surface area contributed by atoms with Gasteiger partial charge in [-0.3, -0.25) is 11.3 Å². The Morgan fingerprint density at radius 1 is 1.56 bits per heavy atom. The Hall–Kier alpha value is -0.490. The SMILES string of the molecule is NNC(Cc1cc(F)ccc1Br)CC1CCOC1. The van der Waals surface area contributed by atoms with Crippen LogP contribution in [0.1, 0.15) is 18.4 Å². The first kappa shape index (κ1) is 13.9. The fourth-order valence-corrected chi connectivity index (χ4v) is 2.76. The maximum absolute atomic E-state index is 13.2. The largest absolute Gasteiger partial charge is 0.381 e. The molecule has 2 unspecified atom stereocenters. The summed E-state index contributed by atoms with van der Waals surface area (Å²) in [5.74, 6) is 5.93. The van der Waals surface area contributed by atoms with Crippen molar-refractivity contribution in [3.05, 3.63) is 34.1 Å². The van der Waals surface area contributed by atoms with Gasteiger partial charge in [0.25, 0.3) is 0 Å². The number of nitrogens with two attached hydrogens (primary N) is 1. The number of benzene rings is 1. The van der Waals surface area contributed by atoms with Crippen molar-refractivity contribution in [2.24, 2.45) is 11.8 Å². The average molecular weight is 317 g/mol. The molecule has 0 aliphatic carbocycles. The number of hydrogen-bond acceptors (Lipinski definition) is 3. The number of nitrogens with one attached hydrogen (secondary N) is 1. The van der Waals surface area contributed by atoms with E-state index in [4.69, 9.17) is 10.6 Å². The van der Waals surface area contributed by atoms with E-state index in [9.17, 15) is 4.39 Å². The van der Waals surface area contributed by atoms with Crippen LogP contribution in [0, 0.1) is 11.7 Å². The first-order valence-electron chi connectivity index (χ1n) is 6.17. The standard InChI is InChI=1S/C13H18BrFN2O/c14-13-2-1-11(15)6-10(13)7-12(17-16)5-9-3-4-18-8-9/h1-2,6,9,12,17H,3-5,7-8,16H2. The maximum Gasteiger partial charge on any atom is 0.123 e. The van der Waals surface area contributed by atoms with Crippen molar-refractivity contribution in [2.45, 2.75) is 25.3 Å². The minimum Gasteiger partial charge on any atom is -0.381 e. The van der Waals surface area contributed by atoms with Gasteiger partial charge in [-0.2, -0.15) is 0 Å². The minimum atomic E-state index is -0.215. The summed E-state index contributed by atoms with van der Waals surface area (Å²) in [6.45, 7) is 1.65. The van der Waals surface area contributed by atoms with Gasteiger partial charge in [0.2, 0.25) is 0 Å². The molecule has 1 saturated heterocycles. The average Bonchev–Trinajstić information content (AvgIpc) is 2.85. The van der Waals surface area contributed by atoms with Crippen molar-refractivity contribution in [3.63, 3.8) is 0 Å². The lowest BCUT2D eigenvalue weighted by Gasteiger charge is -2.19. The van der Waals surface area contributed by atoms with Crippen LogP contribution in [0.5, 0.6) is 0 Å². The molecule has 0 aromatic heterocycles. The normalized spacial score (nSPS) is 21.2. The third-order valence-corrected chi connectivity index (χ3v) is 4.13. The van der Waals surface area contributed by atoms with Crippen LogP contribution in [0.2, 0.25) is 0 Å². The monoisotopic (exact) mass is 316 g/mol. The van der Waals surface area contributed by atoms with Gasteiger partial charge < -0.3 is 4.74 Å². The molecule has 1 aromatic carbocycles. The molecule has 0 spiro atoms. The Morgan fingerprint density at radius 2 is 2.39 bits per heavy atom. The van der Waals surface area contributed by atoms with Crippen LogP contribution >= 0.6 is 15.9 Å². The molecule has 1 fully saturated rings. The quantitative estimate of drug-likeness (QED) is 0.647. The van der Waals surface area contributed by atoms with E-state index in [1.807, 2.05) is 0 Å². The highest BCUT2D eigenvalue weighted by Gasteiger charge is 2.21. The lowest BCUT2D eigenvalue weighted by atomic mass is 9.95. The third kappa shape index (κ3) is 3.75. The summed E-state index contributed by atoms with van der Waals surface area (Å²) in [4.78, 5) is 0. The molecule has 2 atom stereocenters. The topological polar surface area (TPSA) is 47.3 Å². The lowest BCUT2D eigenvalue weighted by molar-refractivity contribution is 0.181. The van der Waals surface area contributed by atoms with Crippen LogP contribution < -0.4 is 11.3 Å². The van der Waals surface area contributed by atoms with E-state index in [2.05, 4.69) is 21.4 Å². The Bertz CT molecular complexity index is 397. The van der Waals surface area contributed by atoms with E-state index >= 15 is 0 Å². The zero-order valence-electron chi connectivity index (χ0n) is 10.2. The zero-order valence-corrected chi connectivity index (χ0v) is 11.7. The van der Waals surface area contributed by atoms with Crippen molar-refractivity contribution in [3.8, 4) is 0 Å². The Kier molecular flexibility index (Phi) is 5.12. The van der Waals surface area contributed by atoms with Crippen LogP contribution in [-0.4, -0.2) is 19.3 Å². The van der Waals surface area contributed by atoms with Crippen molar-refractivity contribution in [1.29, 1.82) is 0 Å². The van der Waals surface area contributed by atoms with E-state index in [0.717, 1.165) is 36.1 Å². The van der Waals surface area contributed by atoms with Crippen LogP contribution in [0.15, 0.2) is 22.7 Å². The fourth-order valence-electron chi connectivity index (χ4n) is 2.35. The highest BCUT2D eigenvalue weighted by Crippen LogP contribution is 2.23. The molecular formula is C13H18BrFN2O. The molecule has 0 radical (unpaired) electrons. The summed E-state index contributed by atoms with van der Waals surface area (Å²) in [6.07, 6.45) is 2.76. The van der Waals surface area contributed by atoms with Gasteiger partial charge >= 0.3 is 0 Å². The lowest BCUT2D eigenvalue weighted by Crippen LogP contribution is -2.38. The second kappa shape index (κ2) is 6.61. The number of rotatable bonds is 5. The second-order valence-corrected chi connectivity index (χ2v) is 5.62. The van der Waals surface area contributed by atoms with Crippen LogP contribution in [0.25, 0.3) is 0 Å². The Labute approximate surface area is 115 Å². The Morgan fingerprint density at radius 3 is 3.06 bits per heavy atom. The molecule has 1 aromatic rings. The maximum atomic E-state index is 13.2. The summed E-state index contributed by atoms with van der Waals surface area (Å²) in [5.41, 5.74) is 3.77. The van der Waals surface area contributed by atoms with Crippen molar-refractivity contribution in [2.75, 3.05) is 13.2 Å². The molecule has 18 heavy (non-hydrogen) atoms. The smallest absolute Gasteiger partial charge is 0.123 e. The molecule has 1 heterocycles. The first-order valence-corrected chi connectivity index (χ1v) is 6.96. The fraction of sp³-hybridized carbons (Fsp3) is 0.538. The van der Waals surface area contributed by atoms with Crippen molar-refractivity contribution < 1.29 is 9.13 Å². The van der Waals surface area contributed by atoms with Gasteiger partial charge in [-0.25, -0.2) is 4.39 Å². The van der Waals surface area contributed by atoms with E-state index in [-0.39, 0.29) is 11.9 Å². The molecule has 0 amide bonds. The van der Waals surface area contributed by atoms with Crippen LogP contribution in [0.3, 0.4) is 0 Å². The van der Waals surface area contributed by atoms with Gasteiger partial charge in [0.15, 0.2) is 0 Å². The van der Waals surface area contributed by atoms with Crippen molar-refractivity contribution >= 4 is 15.9 Å². The second-order valence-electron chi connectivity index (χ2n) is 4.77. The van der Waals surface area contributed by atoms with E-state index in [0.29, 0.717) is 12.3 Å². The zero-order chi connectivity index (χ0) is 13.0. The Balaban J connectivity index is 1.98. The van der Waals surface area contributed by atoms with Crippen molar-refractivity contribution in [1.82, 2.24) is 5.43 Å². The van der Waals surface area contributed by atoms with Crippen LogP contribution in [-0.2, 0) is 11.2 Å². The highest BCUT2D eigenvalue weighted by atomic mass is 79.9. The summed E-state index contributed by atoms with van der Waals surface area (Å²) in [5, 5.41) is 0. The summed E-state index contributed by atoms with van der Waals surface area (Å²) >= 11 is 3.44. The van der Waals surface area contributed by atoms with E-state index in [1.165, 1.54) is 6.07 Å². The number of hydrogen-bond donors (Lipinski definition) is 2. The van der Waals surface area contributed by atoms with Crippen LogP contribution in [0.4, 0.5) is 4.39 Å². The molecule has 0 saturated carbocycles. The van der Waals surface area contributed by atoms with E-state index < -0.39 is 0 Å². The van der Waals surface area contributed by atoms with Gasteiger partial charge in [0, 0.05) is 23.7 Å². The molecule has 3 nitrogen and oxygen atoms in total. The molecule has 1 aliphatic heterocycles. The molecule has 3 N–H and O–H groups in total. The predicted octanol–water partition coefficient (Wildman–Crippen LogP) is 2.39. The summed E-state index contributed by atoms with van der Waals surface area (Å²) in [7, 11) is 0.